The number of rotatable bonds is 1. The van der Waals surface area contributed by atoms with Crippen molar-refractivity contribution in [1.82, 2.24) is 0 Å². The molecule has 0 aliphatic rings. The van der Waals surface area contributed by atoms with Crippen LogP contribution in [0.5, 0.6) is 0 Å². The molecule has 0 radical (unpaired) electrons. The zero-order valence-corrected chi connectivity index (χ0v) is 7.83. The van der Waals surface area contributed by atoms with Gasteiger partial charge in [-0.1, -0.05) is 0 Å². The fraction of sp³-hybridized carbons (Fsp3) is 0.333. The van der Waals surface area contributed by atoms with Crippen molar-refractivity contribution in [3.63, 3.8) is 0 Å². The van der Waals surface area contributed by atoms with Crippen LogP contribution < -0.4 is 0 Å². The zero-order chi connectivity index (χ0) is 9.30. The normalized spacial score (nSPS) is 13.1. The van der Waals surface area contributed by atoms with Gasteiger partial charge >= 0.3 is 0 Å². The van der Waals surface area contributed by atoms with Crippen molar-refractivity contribution < 1.29 is 8.78 Å². The summed E-state index contributed by atoms with van der Waals surface area (Å²) in [6.45, 7) is 3.24. The number of thiol groups is 1. The number of aryl methyl sites for hydroxylation is 1. The van der Waals surface area contributed by atoms with E-state index in [0.717, 1.165) is 0 Å². The Hall–Kier alpha value is -0.570. The van der Waals surface area contributed by atoms with E-state index in [2.05, 4.69) is 12.6 Å². The Morgan fingerprint density at radius 2 is 1.83 bits per heavy atom. The van der Waals surface area contributed by atoms with Crippen LogP contribution in [0, 0.1) is 18.6 Å². The van der Waals surface area contributed by atoms with Crippen LogP contribution in [0.4, 0.5) is 8.78 Å². The van der Waals surface area contributed by atoms with E-state index in [1.54, 1.807) is 6.92 Å². The zero-order valence-electron chi connectivity index (χ0n) is 6.94. The summed E-state index contributed by atoms with van der Waals surface area (Å²) in [6.07, 6.45) is 0. The lowest BCUT2D eigenvalue weighted by Gasteiger charge is -2.07. The Morgan fingerprint density at radius 3 is 2.33 bits per heavy atom. The van der Waals surface area contributed by atoms with Crippen molar-refractivity contribution in [1.29, 1.82) is 0 Å². The molecule has 0 nitrogen and oxygen atoms in total. The van der Waals surface area contributed by atoms with Crippen molar-refractivity contribution in [2.24, 2.45) is 0 Å². The molecule has 0 N–H and O–H groups in total. The molecule has 0 spiro atoms. The summed E-state index contributed by atoms with van der Waals surface area (Å²) < 4.78 is 26.0. The maximum atomic E-state index is 13.1. The van der Waals surface area contributed by atoms with Crippen molar-refractivity contribution in [2.75, 3.05) is 0 Å². The minimum atomic E-state index is -0.392. The summed E-state index contributed by atoms with van der Waals surface area (Å²) in [5, 5.41) is -0.278. The van der Waals surface area contributed by atoms with Gasteiger partial charge < -0.3 is 0 Å². The van der Waals surface area contributed by atoms with Crippen LogP contribution in [0.15, 0.2) is 12.1 Å². The van der Waals surface area contributed by atoms with Crippen LogP contribution in [0.1, 0.15) is 23.3 Å². The highest BCUT2D eigenvalue weighted by atomic mass is 32.1. The van der Waals surface area contributed by atoms with Crippen LogP contribution in [0.2, 0.25) is 0 Å². The maximum absolute atomic E-state index is 13.1. The second-order valence-corrected chi connectivity index (χ2v) is 3.57. The van der Waals surface area contributed by atoms with Crippen LogP contribution in [0.3, 0.4) is 0 Å². The lowest BCUT2D eigenvalue weighted by molar-refractivity contribution is 0.579. The Labute approximate surface area is 76.0 Å². The van der Waals surface area contributed by atoms with Gasteiger partial charge in [-0.15, -0.1) is 0 Å². The monoisotopic (exact) mass is 188 g/mol. The molecule has 0 saturated carbocycles. The molecule has 0 bridgehead atoms. The molecule has 1 rings (SSSR count). The third kappa shape index (κ3) is 1.78. The van der Waals surface area contributed by atoms with Crippen molar-refractivity contribution in [3.8, 4) is 0 Å². The number of benzene rings is 1. The maximum Gasteiger partial charge on any atom is 0.127 e. The molecule has 0 heterocycles. The van der Waals surface area contributed by atoms with Crippen LogP contribution in [-0.4, -0.2) is 0 Å². The first-order valence-corrected chi connectivity index (χ1v) is 4.17. The first kappa shape index (κ1) is 9.52. The van der Waals surface area contributed by atoms with Gasteiger partial charge in [0.25, 0.3) is 0 Å². The second-order valence-electron chi connectivity index (χ2n) is 2.80. The molecule has 0 amide bonds. The average molecular weight is 188 g/mol. The summed E-state index contributed by atoms with van der Waals surface area (Å²) >= 11 is 4.03. The van der Waals surface area contributed by atoms with Gasteiger partial charge in [-0.2, -0.15) is 12.6 Å². The molecule has 0 aliphatic carbocycles. The number of halogens is 2. The van der Waals surface area contributed by atoms with Crippen LogP contribution >= 0.6 is 12.6 Å². The van der Waals surface area contributed by atoms with Gasteiger partial charge in [-0.25, -0.2) is 8.78 Å². The highest BCUT2D eigenvalue weighted by Crippen LogP contribution is 2.24. The van der Waals surface area contributed by atoms with E-state index < -0.39 is 5.82 Å². The van der Waals surface area contributed by atoms with Crippen molar-refractivity contribution >= 4 is 12.6 Å². The van der Waals surface area contributed by atoms with E-state index in [1.807, 2.05) is 0 Å². The van der Waals surface area contributed by atoms with Gasteiger partial charge in [0.2, 0.25) is 0 Å². The molecule has 1 aromatic carbocycles. The fourth-order valence-corrected chi connectivity index (χ4v) is 1.18. The van der Waals surface area contributed by atoms with E-state index in [1.165, 1.54) is 19.1 Å². The summed E-state index contributed by atoms with van der Waals surface area (Å²) in [7, 11) is 0. The van der Waals surface area contributed by atoms with E-state index in [9.17, 15) is 8.78 Å². The summed E-state index contributed by atoms with van der Waals surface area (Å²) in [5.74, 6) is -0.774. The second kappa shape index (κ2) is 3.44. The predicted molar refractivity (Wildman–Crippen MR) is 48.5 cm³/mol. The van der Waals surface area contributed by atoms with E-state index in [4.69, 9.17) is 0 Å². The van der Waals surface area contributed by atoms with Gasteiger partial charge in [0.05, 0.1) is 0 Å². The Morgan fingerprint density at radius 1 is 1.25 bits per heavy atom. The summed E-state index contributed by atoms with van der Waals surface area (Å²) in [6, 6.07) is 2.39. The highest BCUT2D eigenvalue weighted by molar-refractivity contribution is 7.80. The topological polar surface area (TPSA) is 0 Å². The molecular formula is C9H10F2S. The predicted octanol–water partition coefficient (Wildman–Crippen LogP) is 3.26. The molecule has 3 heteroatoms. The lowest BCUT2D eigenvalue weighted by atomic mass is 10.1. The van der Waals surface area contributed by atoms with Gasteiger partial charge in [0.15, 0.2) is 0 Å². The Balaban J connectivity index is 3.23. The average Bonchev–Trinajstić information content (AvgIpc) is 1.96. The smallest absolute Gasteiger partial charge is 0.127 e. The first-order valence-electron chi connectivity index (χ1n) is 3.66. The van der Waals surface area contributed by atoms with E-state index in [-0.39, 0.29) is 11.1 Å². The van der Waals surface area contributed by atoms with Crippen molar-refractivity contribution in [3.05, 3.63) is 34.9 Å². The van der Waals surface area contributed by atoms with Gasteiger partial charge in [-0.05, 0) is 31.5 Å². The molecule has 0 aliphatic heterocycles. The van der Waals surface area contributed by atoms with E-state index >= 15 is 0 Å². The molecule has 0 saturated heterocycles. The molecule has 66 valence electrons. The summed E-state index contributed by atoms with van der Waals surface area (Å²) in [5.41, 5.74) is 0.631. The van der Waals surface area contributed by atoms with Gasteiger partial charge in [0.1, 0.15) is 11.6 Å². The van der Waals surface area contributed by atoms with Gasteiger partial charge in [0, 0.05) is 10.8 Å². The number of hydrogen-bond acceptors (Lipinski definition) is 1. The fourth-order valence-electron chi connectivity index (χ4n) is 0.982. The molecule has 1 aromatic rings. The first-order chi connectivity index (χ1) is 5.52. The Bertz CT molecular complexity index is 295. The standard InChI is InChI=1S/C9H10F2S/c1-5-3-9(11)7(6(2)12)4-8(5)10/h3-4,6,12H,1-2H3. The molecule has 1 atom stereocenters. The third-order valence-electron chi connectivity index (χ3n) is 1.73. The highest BCUT2D eigenvalue weighted by Gasteiger charge is 2.10. The lowest BCUT2D eigenvalue weighted by Crippen LogP contribution is -1.94. The number of hydrogen-bond donors (Lipinski definition) is 1. The largest absolute Gasteiger partial charge is 0.207 e. The molecule has 0 fully saturated rings. The molecule has 12 heavy (non-hydrogen) atoms. The van der Waals surface area contributed by atoms with Crippen molar-refractivity contribution in [2.45, 2.75) is 19.1 Å². The van der Waals surface area contributed by atoms with Gasteiger partial charge in [-0.3, -0.25) is 0 Å². The summed E-state index contributed by atoms with van der Waals surface area (Å²) in [4.78, 5) is 0. The minimum Gasteiger partial charge on any atom is -0.207 e. The molecule has 1 unspecified atom stereocenters. The van der Waals surface area contributed by atoms with Crippen LogP contribution in [-0.2, 0) is 0 Å². The quantitative estimate of drug-likeness (QED) is 0.642. The molecule has 0 aromatic heterocycles. The van der Waals surface area contributed by atoms with E-state index in [0.29, 0.717) is 11.1 Å². The SMILES string of the molecule is Cc1cc(F)c(C(C)S)cc1F. The minimum absolute atomic E-state index is 0.278. The molecular weight excluding hydrogens is 178 g/mol. The third-order valence-corrected chi connectivity index (χ3v) is 2.01. The van der Waals surface area contributed by atoms with Crippen LogP contribution in [0.25, 0.3) is 0 Å². The Kier molecular flexibility index (Phi) is 2.73.